The minimum atomic E-state index is 0.121. The van der Waals surface area contributed by atoms with Gasteiger partial charge in [0.05, 0.1) is 6.61 Å². The van der Waals surface area contributed by atoms with Gasteiger partial charge in [0.1, 0.15) is 0 Å². The average Bonchev–Trinajstić information content (AvgIpc) is 2.41. The Hall–Kier alpha value is -0.900. The van der Waals surface area contributed by atoms with Crippen molar-refractivity contribution < 1.29 is 9.84 Å². The van der Waals surface area contributed by atoms with Gasteiger partial charge in [0.2, 0.25) is 0 Å². The van der Waals surface area contributed by atoms with Gasteiger partial charge in [-0.05, 0) is 36.4 Å². The molecule has 1 saturated heterocycles. The van der Waals surface area contributed by atoms with Gasteiger partial charge in [-0.3, -0.25) is 0 Å². The molecule has 2 N–H and O–H groups in total. The fourth-order valence-electron chi connectivity index (χ4n) is 2.13. The summed E-state index contributed by atoms with van der Waals surface area (Å²) in [6, 6.07) is 8.10. The average molecular weight is 235 g/mol. The highest BCUT2D eigenvalue weighted by atomic mass is 16.5. The van der Waals surface area contributed by atoms with Crippen molar-refractivity contribution >= 4 is 0 Å². The third-order valence-corrected chi connectivity index (χ3v) is 3.31. The molecule has 1 aliphatic heterocycles. The van der Waals surface area contributed by atoms with E-state index in [9.17, 15) is 0 Å². The summed E-state index contributed by atoms with van der Waals surface area (Å²) in [4.78, 5) is 0. The highest BCUT2D eigenvalue weighted by Gasteiger charge is 2.12. The Balaban J connectivity index is 1.69. The van der Waals surface area contributed by atoms with Gasteiger partial charge in [-0.1, -0.05) is 24.3 Å². The second kappa shape index (κ2) is 6.74. The lowest BCUT2D eigenvalue weighted by Gasteiger charge is -2.22. The maximum absolute atomic E-state index is 8.95. The van der Waals surface area contributed by atoms with Crippen LogP contribution in [0, 0.1) is 5.92 Å². The van der Waals surface area contributed by atoms with E-state index in [1.807, 2.05) is 12.1 Å². The number of aliphatic hydroxyl groups is 1. The summed E-state index contributed by atoms with van der Waals surface area (Å²) in [6.07, 6.45) is 2.35. The summed E-state index contributed by atoms with van der Waals surface area (Å²) in [6.45, 7) is 3.93. The molecule has 0 spiro atoms. The zero-order chi connectivity index (χ0) is 11.9. The number of nitrogens with one attached hydrogen (secondary N) is 1. The Morgan fingerprint density at radius 2 is 1.76 bits per heavy atom. The first-order valence-corrected chi connectivity index (χ1v) is 6.35. The third-order valence-electron chi connectivity index (χ3n) is 3.31. The molecule has 1 aromatic carbocycles. The first-order valence-electron chi connectivity index (χ1n) is 6.35. The first kappa shape index (κ1) is 12.6. The molecule has 1 aliphatic rings. The third kappa shape index (κ3) is 4.11. The molecule has 17 heavy (non-hydrogen) atoms. The molecule has 0 aliphatic carbocycles. The number of benzene rings is 1. The highest BCUT2D eigenvalue weighted by Crippen LogP contribution is 2.13. The summed E-state index contributed by atoms with van der Waals surface area (Å²) < 4.78 is 5.34. The van der Waals surface area contributed by atoms with E-state index in [4.69, 9.17) is 9.84 Å². The van der Waals surface area contributed by atoms with Crippen LogP contribution in [-0.2, 0) is 17.9 Å². The second-order valence-corrected chi connectivity index (χ2v) is 4.66. The molecule has 0 aromatic heterocycles. The standard InChI is InChI=1S/C14H21NO2/c16-11-14-3-1-12(2-4-14)9-15-10-13-5-7-17-8-6-13/h1-4,13,15-16H,5-11H2. The molecule has 0 radical (unpaired) electrons. The minimum Gasteiger partial charge on any atom is -0.392 e. The predicted molar refractivity (Wildman–Crippen MR) is 67.6 cm³/mol. The zero-order valence-electron chi connectivity index (χ0n) is 10.2. The molecule has 3 nitrogen and oxygen atoms in total. The Labute approximate surface area is 103 Å². The summed E-state index contributed by atoms with van der Waals surface area (Å²) >= 11 is 0. The number of hydrogen-bond acceptors (Lipinski definition) is 3. The minimum absolute atomic E-state index is 0.121. The van der Waals surface area contributed by atoms with E-state index in [1.165, 1.54) is 18.4 Å². The SMILES string of the molecule is OCc1ccc(CNCC2CCOCC2)cc1. The van der Waals surface area contributed by atoms with Crippen LogP contribution in [0.25, 0.3) is 0 Å². The molecule has 94 valence electrons. The molecular weight excluding hydrogens is 214 g/mol. The van der Waals surface area contributed by atoms with Crippen LogP contribution < -0.4 is 5.32 Å². The van der Waals surface area contributed by atoms with Crippen LogP contribution in [0.1, 0.15) is 24.0 Å². The lowest BCUT2D eigenvalue weighted by Crippen LogP contribution is -2.27. The van der Waals surface area contributed by atoms with Crippen molar-refractivity contribution in [3.63, 3.8) is 0 Å². The maximum Gasteiger partial charge on any atom is 0.0681 e. The van der Waals surface area contributed by atoms with Gasteiger partial charge in [-0.2, -0.15) is 0 Å². The van der Waals surface area contributed by atoms with Crippen LogP contribution in [0.3, 0.4) is 0 Å². The summed E-state index contributed by atoms with van der Waals surface area (Å²) in [7, 11) is 0. The van der Waals surface area contributed by atoms with Crippen molar-refractivity contribution in [1.82, 2.24) is 5.32 Å². The Morgan fingerprint density at radius 1 is 1.12 bits per heavy atom. The monoisotopic (exact) mass is 235 g/mol. The van der Waals surface area contributed by atoms with Crippen LogP contribution in [0.15, 0.2) is 24.3 Å². The molecule has 1 heterocycles. The van der Waals surface area contributed by atoms with Crippen LogP contribution >= 0.6 is 0 Å². The Kier molecular flexibility index (Phi) is 4.98. The van der Waals surface area contributed by atoms with Gasteiger partial charge in [-0.25, -0.2) is 0 Å². The van der Waals surface area contributed by atoms with E-state index < -0.39 is 0 Å². The lowest BCUT2D eigenvalue weighted by atomic mass is 10.0. The van der Waals surface area contributed by atoms with Gasteiger partial charge < -0.3 is 15.2 Å². The largest absolute Gasteiger partial charge is 0.392 e. The number of aliphatic hydroxyl groups excluding tert-OH is 1. The zero-order valence-corrected chi connectivity index (χ0v) is 10.2. The fraction of sp³-hybridized carbons (Fsp3) is 0.571. The summed E-state index contributed by atoms with van der Waals surface area (Å²) in [5.74, 6) is 0.764. The number of hydrogen-bond donors (Lipinski definition) is 2. The van der Waals surface area contributed by atoms with E-state index in [2.05, 4.69) is 17.4 Å². The van der Waals surface area contributed by atoms with Crippen LogP contribution in [0.5, 0.6) is 0 Å². The number of ether oxygens (including phenoxy) is 1. The van der Waals surface area contributed by atoms with Gasteiger partial charge in [0.25, 0.3) is 0 Å². The summed E-state index contributed by atoms with van der Waals surface area (Å²) in [5.41, 5.74) is 2.24. The van der Waals surface area contributed by atoms with Gasteiger partial charge >= 0.3 is 0 Å². The number of rotatable bonds is 5. The normalized spacial score (nSPS) is 17.2. The van der Waals surface area contributed by atoms with Crippen LogP contribution in [0.4, 0.5) is 0 Å². The van der Waals surface area contributed by atoms with Crippen LogP contribution in [-0.4, -0.2) is 24.9 Å². The predicted octanol–water partition coefficient (Wildman–Crippen LogP) is 1.70. The molecule has 0 saturated carbocycles. The quantitative estimate of drug-likeness (QED) is 0.816. The molecule has 0 bridgehead atoms. The van der Waals surface area contributed by atoms with E-state index >= 15 is 0 Å². The van der Waals surface area contributed by atoms with Crippen LogP contribution in [0.2, 0.25) is 0 Å². The van der Waals surface area contributed by atoms with Gasteiger partial charge in [0, 0.05) is 19.8 Å². The van der Waals surface area contributed by atoms with Crippen molar-refractivity contribution in [3.05, 3.63) is 35.4 Å². The van der Waals surface area contributed by atoms with Gasteiger partial charge in [-0.15, -0.1) is 0 Å². The molecule has 1 aromatic rings. The molecule has 3 heteroatoms. The van der Waals surface area contributed by atoms with Crippen molar-refractivity contribution in [2.45, 2.75) is 26.0 Å². The van der Waals surface area contributed by atoms with Crippen molar-refractivity contribution in [1.29, 1.82) is 0 Å². The molecule has 0 unspecified atom stereocenters. The molecule has 0 atom stereocenters. The van der Waals surface area contributed by atoms with E-state index in [-0.39, 0.29) is 6.61 Å². The molecule has 1 fully saturated rings. The second-order valence-electron chi connectivity index (χ2n) is 4.66. The summed E-state index contributed by atoms with van der Waals surface area (Å²) in [5, 5.41) is 12.4. The molecule has 2 rings (SSSR count). The van der Waals surface area contributed by atoms with E-state index in [0.29, 0.717) is 0 Å². The van der Waals surface area contributed by atoms with Crippen molar-refractivity contribution in [3.8, 4) is 0 Å². The van der Waals surface area contributed by atoms with Crippen molar-refractivity contribution in [2.24, 2.45) is 5.92 Å². The Morgan fingerprint density at radius 3 is 2.41 bits per heavy atom. The van der Waals surface area contributed by atoms with E-state index in [0.717, 1.165) is 37.8 Å². The smallest absolute Gasteiger partial charge is 0.0681 e. The lowest BCUT2D eigenvalue weighted by molar-refractivity contribution is 0.0662. The van der Waals surface area contributed by atoms with Gasteiger partial charge in [0.15, 0.2) is 0 Å². The van der Waals surface area contributed by atoms with Crippen molar-refractivity contribution in [2.75, 3.05) is 19.8 Å². The molecule has 0 amide bonds. The Bertz CT molecular complexity index is 317. The molecular formula is C14H21NO2. The highest BCUT2D eigenvalue weighted by molar-refractivity contribution is 5.21. The van der Waals surface area contributed by atoms with E-state index in [1.54, 1.807) is 0 Å². The maximum atomic E-state index is 8.95. The fourth-order valence-corrected chi connectivity index (χ4v) is 2.13. The topological polar surface area (TPSA) is 41.5 Å². The first-order chi connectivity index (χ1) is 8.38.